The van der Waals surface area contributed by atoms with Crippen molar-refractivity contribution in [3.05, 3.63) is 29.3 Å². The molecule has 0 bridgehead atoms. The molecule has 0 aliphatic rings. The van der Waals surface area contributed by atoms with E-state index in [4.69, 9.17) is 0 Å². The first-order valence-corrected chi connectivity index (χ1v) is 12.7. The predicted octanol–water partition coefficient (Wildman–Crippen LogP) is 6.66. The minimum Gasteiger partial charge on any atom is -0.322 e. The summed E-state index contributed by atoms with van der Waals surface area (Å²) in [5.74, 6) is 0.244. The molecule has 4 heteroatoms. The van der Waals surface area contributed by atoms with Crippen LogP contribution in [0.4, 0.5) is 5.69 Å². The summed E-state index contributed by atoms with van der Waals surface area (Å²) < 4.78 is 0. The summed E-state index contributed by atoms with van der Waals surface area (Å²) in [6.45, 7) is 11.0. The Bertz CT molecular complexity index is 491. The van der Waals surface area contributed by atoms with Gasteiger partial charge >= 0.3 is 0 Å². The number of rotatable bonds is 12. The quantitative estimate of drug-likeness (QED) is 0.353. The summed E-state index contributed by atoms with van der Waals surface area (Å²) >= 11 is 0. The number of carbonyl (C=O) groups excluding carboxylic acids is 1. The van der Waals surface area contributed by atoms with Gasteiger partial charge in [-0.05, 0) is 44.2 Å². The second kappa shape index (κ2) is 14.3. The number of hydrogen-bond acceptors (Lipinski definition) is 1. The number of anilines is 1. The van der Waals surface area contributed by atoms with Crippen molar-refractivity contribution >= 4 is 18.9 Å². The Morgan fingerprint density at radius 2 is 1.31 bits per heavy atom. The van der Waals surface area contributed by atoms with Gasteiger partial charge in [-0.25, -0.2) is 0 Å². The minimum atomic E-state index is -1.18. The molecule has 0 spiro atoms. The third-order valence-corrected chi connectivity index (χ3v) is 9.94. The molecule has 0 aliphatic carbocycles. The van der Waals surface area contributed by atoms with Crippen molar-refractivity contribution in [1.82, 2.24) is 0 Å². The monoisotopic (exact) mass is 453 g/mol. The molecule has 1 radical (unpaired) electrons. The third kappa shape index (κ3) is 8.94. The summed E-state index contributed by atoms with van der Waals surface area (Å²) in [5, 5.41) is 3.25. The SMILES string of the molecule is CCCC[P+](CCCC)(CCCC)CC(=O)Nc1c(C)cccc1C.[Y]. The van der Waals surface area contributed by atoms with Gasteiger partial charge in [0.2, 0.25) is 0 Å². The van der Waals surface area contributed by atoms with Crippen LogP contribution in [0.1, 0.15) is 70.4 Å². The number of aryl methyl sites for hydroxylation is 2. The normalized spacial score (nSPS) is 11.1. The zero-order valence-corrected chi connectivity index (χ0v) is 21.5. The van der Waals surface area contributed by atoms with Gasteiger partial charge in [-0.15, -0.1) is 0 Å². The molecule has 1 N–H and O–H groups in total. The molecule has 0 atom stereocenters. The fourth-order valence-electron chi connectivity index (χ4n) is 3.55. The summed E-state index contributed by atoms with van der Waals surface area (Å²) in [5.41, 5.74) is 3.34. The van der Waals surface area contributed by atoms with Gasteiger partial charge in [-0.3, -0.25) is 4.79 Å². The van der Waals surface area contributed by atoms with Crippen LogP contribution in [0.2, 0.25) is 0 Å². The first-order valence-electron chi connectivity index (χ1n) is 10.2. The fraction of sp³-hybridized carbons (Fsp3) is 0.682. The molecule has 0 aromatic heterocycles. The van der Waals surface area contributed by atoms with Gasteiger partial charge < -0.3 is 5.32 Å². The van der Waals surface area contributed by atoms with Gasteiger partial charge in [0.15, 0.2) is 0 Å². The van der Waals surface area contributed by atoms with Crippen molar-refractivity contribution < 1.29 is 37.5 Å². The first kappa shape index (κ1) is 26.2. The van der Waals surface area contributed by atoms with Crippen molar-refractivity contribution in [2.75, 3.05) is 30.0 Å². The van der Waals surface area contributed by atoms with Gasteiger partial charge in [0, 0.05) is 45.7 Å². The fourth-order valence-corrected chi connectivity index (χ4v) is 8.34. The summed E-state index contributed by atoms with van der Waals surface area (Å²) in [7, 11) is -1.18. The van der Waals surface area contributed by atoms with E-state index in [1.54, 1.807) is 0 Å². The standard InChI is InChI=1S/C22H38NOP.Y/c1-6-9-15-25(16-10-7-2,17-11-8-3)18-21(24)23-22-19(4)13-12-14-20(22)5;/h12-14H,6-11,15-18H2,1-5H3;/p+1. The van der Waals surface area contributed by atoms with Crippen molar-refractivity contribution in [2.45, 2.75) is 73.1 Å². The largest absolute Gasteiger partial charge is 0.322 e. The molecule has 1 amide bonds. The van der Waals surface area contributed by atoms with E-state index >= 15 is 0 Å². The smallest absolute Gasteiger partial charge is 0.261 e. The van der Waals surface area contributed by atoms with Crippen LogP contribution in [0, 0.1) is 13.8 Å². The molecule has 1 aromatic rings. The van der Waals surface area contributed by atoms with Crippen LogP contribution in [0.25, 0.3) is 0 Å². The first-order chi connectivity index (χ1) is 12.0. The van der Waals surface area contributed by atoms with E-state index in [-0.39, 0.29) is 38.6 Å². The molecule has 1 aromatic carbocycles. The Kier molecular flexibility index (Phi) is 14.4. The van der Waals surface area contributed by atoms with E-state index < -0.39 is 7.26 Å². The molecular formula is C22H39NOPY+. The average Bonchev–Trinajstić information content (AvgIpc) is 2.59. The van der Waals surface area contributed by atoms with Gasteiger partial charge in [-0.2, -0.15) is 0 Å². The zero-order valence-electron chi connectivity index (χ0n) is 17.7. The van der Waals surface area contributed by atoms with Crippen LogP contribution in [-0.2, 0) is 37.5 Å². The molecule has 1 rings (SSSR count). The Morgan fingerprint density at radius 3 is 1.69 bits per heavy atom. The Labute approximate surface area is 187 Å². The molecular weight excluding hydrogens is 414 g/mol. The van der Waals surface area contributed by atoms with E-state index in [1.165, 1.54) is 57.0 Å². The van der Waals surface area contributed by atoms with E-state index in [1.807, 2.05) is 0 Å². The van der Waals surface area contributed by atoms with E-state index in [2.05, 4.69) is 58.1 Å². The molecule has 2 nitrogen and oxygen atoms in total. The molecule has 26 heavy (non-hydrogen) atoms. The van der Waals surface area contributed by atoms with Gasteiger partial charge in [-0.1, -0.05) is 58.2 Å². The number of hydrogen-bond donors (Lipinski definition) is 1. The van der Waals surface area contributed by atoms with E-state index in [0.29, 0.717) is 0 Å². The topological polar surface area (TPSA) is 29.1 Å². The second-order valence-corrected chi connectivity index (χ2v) is 11.9. The minimum absolute atomic E-state index is 0. The summed E-state index contributed by atoms with van der Waals surface area (Å²) in [6.07, 6.45) is 12.2. The number of amides is 1. The Hall–Kier alpha value is 0.224. The van der Waals surface area contributed by atoms with Gasteiger partial charge in [0.1, 0.15) is 6.16 Å². The van der Waals surface area contributed by atoms with Gasteiger partial charge in [0.05, 0.1) is 18.5 Å². The maximum atomic E-state index is 12.9. The molecule has 0 fully saturated rings. The van der Waals surface area contributed by atoms with Crippen molar-refractivity contribution in [1.29, 1.82) is 0 Å². The number of benzene rings is 1. The molecule has 0 unspecified atom stereocenters. The molecule has 145 valence electrons. The van der Waals surface area contributed by atoms with E-state index in [9.17, 15) is 4.79 Å². The molecule has 0 saturated heterocycles. The van der Waals surface area contributed by atoms with Crippen LogP contribution in [0.5, 0.6) is 0 Å². The van der Waals surface area contributed by atoms with Crippen molar-refractivity contribution in [3.8, 4) is 0 Å². The van der Waals surface area contributed by atoms with Crippen molar-refractivity contribution in [2.24, 2.45) is 0 Å². The third-order valence-electron chi connectivity index (χ3n) is 5.18. The summed E-state index contributed by atoms with van der Waals surface area (Å²) in [6, 6.07) is 6.22. The van der Waals surface area contributed by atoms with Crippen molar-refractivity contribution in [3.63, 3.8) is 0 Å². The average molecular weight is 453 g/mol. The van der Waals surface area contributed by atoms with Crippen LogP contribution >= 0.6 is 7.26 Å². The second-order valence-electron chi connectivity index (χ2n) is 7.55. The maximum Gasteiger partial charge on any atom is 0.261 e. The summed E-state index contributed by atoms with van der Waals surface area (Å²) in [4.78, 5) is 12.9. The number of nitrogens with one attached hydrogen (secondary N) is 1. The Balaban J connectivity index is 0.00000625. The number of unbranched alkanes of at least 4 members (excludes halogenated alkanes) is 3. The molecule has 0 saturated carbocycles. The van der Waals surface area contributed by atoms with E-state index in [0.717, 1.165) is 23.0 Å². The van der Waals surface area contributed by atoms with Crippen LogP contribution in [0.15, 0.2) is 18.2 Å². The number of carbonyl (C=O) groups is 1. The predicted molar refractivity (Wildman–Crippen MR) is 116 cm³/mol. The molecule has 0 aliphatic heterocycles. The van der Waals surface area contributed by atoms with Crippen LogP contribution < -0.4 is 5.32 Å². The zero-order chi connectivity index (χ0) is 18.7. The molecule has 0 heterocycles. The number of para-hydroxylation sites is 1. The maximum absolute atomic E-state index is 12.9. The van der Waals surface area contributed by atoms with Crippen LogP contribution in [0.3, 0.4) is 0 Å². The Morgan fingerprint density at radius 1 is 0.885 bits per heavy atom. The van der Waals surface area contributed by atoms with Gasteiger partial charge in [0.25, 0.3) is 5.91 Å². The van der Waals surface area contributed by atoms with Crippen LogP contribution in [-0.4, -0.2) is 30.6 Å².